The third kappa shape index (κ3) is 8.89. The molecule has 1 aliphatic rings. The number of halogens is 2. The van der Waals surface area contributed by atoms with Crippen LogP contribution in [0, 0.1) is 12.3 Å². The Morgan fingerprint density at radius 2 is 1.82 bits per heavy atom. The van der Waals surface area contributed by atoms with Crippen molar-refractivity contribution in [3.63, 3.8) is 0 Å². The third-order valence-corrected chi connectivity index (χ3v) is 4.77. The second-order valence-electron chi connectivity index (χ2n) is 7.17. The zero-order chi connectivity index (χ0) is 20.8. The molecule has 0 amide bonds. The number of ether oxygens (including phenoxy) is 2. The fraction of sp³-hybridized carbons (Fsp3) is 0.583. The van der Waals surface area contributed by atoms with Gasteiger partial charge in [-0.05, 0) is 55.9 Å². The van der Waals surface area contributed by atoms with Crippen molar-refractivity contribution in [2.24, 2.45) is 0 Å². The maximum absolute atomic E-state index is 13.3. The number of hydrogen-bond donors (Lipinski definition) is 0. The number of alkyl halides is 2. The van der Waals surface area contributed by atoms with Crippen LogP contribution in [0.1, 0.15) is 59.3 Å². The van der Waals surface area contributed by atoms with Crippen molar-refractivity contribution < 1.29 is 18.3 Å². The molecule has 0 N–H and O–H groups in total. The number of hydrogen-bond acceptors (Lipinski definition) is 2. The quantitative estimate of drug-likeness (QED) is 0.230. The highest BCUT2D eigenvalue weighted by atomic mass is 19.1. The summed E-state index contributed by atoms with van der Waals surface area (Å²) in [5, 5.41) is 0. The standard InChI is InChI=1S/C24H34F2O2/c1-5-14-27-24(17-26)20(4)15-19(3)22(6-2)13-12-21(16-25)18-28-23-10-8-7-9-11-23/h2,12-13,15,23H,5,7-11,14,16-18H2,1,3-4H3/b19-15+,21-12+,22-13+,24-20+. The minimum atomic E-state index is -0.658. The molecule has 2 nitrogen and oxygen atoms in total. The first-order chi connectivity index (χ1) is 13.5. The largest absolute Gasteiger partial charge is 0.495 e. The van der Waals surface area contributed by atoms with Crippen LogP contribution in [0.2, 0.25) is 0 Å². The van der Waals surface area contributed by atoms with E-state index in [-0.39, 0.29) is 12.7 Å². The lowest BCUT2D eigenvalue weighted by Crippen LogP contribution is -2.18. The van der Waals surface area contributed by atoms with Crippen LogP contribution in [0.4, 0.5) is 8.78 Å². The summed E-state index contributed by atoms with van der Waals surface area (Å²) in [4.78, 5) is 0. The van der Waals surface area contributed by atoms with E-state index in [1.165, 1.54) is 19.3 Å². The summed E-state index contributed by atoms with van der Waals surface area (Å²) in [5.41, 5.74) is 2.68. The van der Waals surface area contributed by atoms with E-state index >= 15 is 0 Å². The fourth-order valence-corrected chi connectivity index (χ4v) is 3.05. The molecule has 0 aromatic carbocycles. The summed E-state index contributed by atoms with van der Waals surface area (Å²) in [6.07, 6.45) is 17.6. The van der Waals surface area contributed by atoms with Gasteiger partial charge in [0.2, 0.25) is 0 Å². The Labute approximate surface area is 169 Å². The second-order valence-corrected chi connectivity index (χ2v) is 7.17. The van der Waals surface area contributed by atoms with Crippen molar-refractivity contribution >= 4 is 0 Å². The molecule has 1 aliphatic carbocycles. The lowest BCUT2D eigenvalue weighted by atomic mass is 9.98. The molecule has 0 unspecified atom stereocenters. The highest BCUT2D eigenvalue weighted by Crippen LogP contribution is 2.21. The summed E-state index contributed by atoms with van der Waals surface area (Å²) in [6.45, 7) is 5.15. The Morgan fingerprint density at radius 3 is 2.39 bits per heavy atom. The topological polar surface area (TPSA) is 18.5 Å². The fourth-order valence-electron chi connectivity index (χ4n) is 3.05. The van der Waals surface area contributed by atoms with Gasteiger partial charge in [0, 0.05) is 5.57 Å². The van der Waals surface area contributed by atoms with Crippen molar-refractivity contribution in [1.29, 1.82) is 0 Å². The zero-order valence-electron chi connectivity index (χ0n) is 17.5. The van der Waals surface area contributed by atoms with E-state index < -0.39 is 13.3 Å². The predicted molar refractivity (Wildman–Crippen MR) is 112 cm³/mol. The van der Waals surface area contributed by atoms with Gasteiger partial charge in [-0.15, -0.1) is 6.42 Å². The van der Waals surface area contributed by atoms with Gasteiger partial charge in [-0.3, -0.25) is 0 Å². The molecule has 156 valence electrons. The van der Waals surface area contributed by atoms with Gasteiger partial charge in [0.15, 0.2) is 0 Å². The number of allylic oxidation sites excluding steroid dienone is 7. The summed E-state index contributed by atoms with van der Waals surface area (Å²) < 4.78 is 37.8. The van der Waals surface area contributed by atoms with Crippen LogP contribution in [0.15, 0.2) is 46.3 Å². The molecule has 0 saturated heterocycles. The first kappa shape index (κ1) is 24.2. The monoisotopic (exact) mass is 392 g/mol. The van der Waals surface area contributed by atoms with Crippen molar-refractivity contribution in [2.45, 2.75) is 65.4 Å². The second kappa shape index (κ2) is 14.2. The maximum Gasteiger partial charge on any atom is 0.147 e. The van der Waals surface area contributed by atoms with Crippen LogP contribution < -0.4 is 0 Å². The molecule has 28 heavy (non-hydrogen) atoms. The normalized spacial score (nSPS) is 17.9. The molecule has 0 aromatic heterocycles. The first-order valence-corrected chi connectivity index (χ1v) is 10.2. The minimum Gasteiger partial charge on any atom is -0.495 e. The van der Waals surface area contributed by atoms with Crippen molar-refractivity contribution in [3.8, 4) is 12.3 Å². The van der Waals surface area contributed by atoms with Gasteiger partial charge < -0.3 is 9.47 Å². The highest BCUT2D eigenvalue weighted by Gasteiger charge is 2.14. The molecule has 1 fully saturated rings. The molecule has 4 heteroatoms. The van der Waals surface area contributed by atoms with Gasteiger partial charge >= 0.3 is 0 Å². The smallest absolute Gasteiger partial charge is 0.147 e. The van der Waals surface area contributed by atoms with Gasteiger partial charge in [0.1, 0.15) is 19.1 Å². The van der Waals surface area contributed by atoms with Crippen molar-refractivity contribution in [1.82, 2.24) is 0 Å². The Morgan fingerprint density at radius 1 is 1.11 bits per heavy atom. The Bertz CT molecular complexity index is 629. The van der Waals surface area contributed by atoms with E-state index in [0.29, 0.717) is 29.1 Å². The maximum atomic E-state index is 13.3. The van der Waals surface area contributed by atoms with Gasteiger partial charge in [-0.2, -0.15) is 0 Å². The van der Waals surface area contributed by atoms with Crippen LogP contribution in [0.25, 0.3) is 0 Å². The molecule has 0 bridgehead atoms. The van der Waals surface area contributed by atoms with Crippen LogP contribution in [-0.4, -0.2) is 32.7 Å². The average Bonchev–Trinajstić information content (AvgIpc) is 2.71. The summed E-state index contributed by atoms with van der Waals surface area (Å²) in [5.74, 6) is 2.94. The van der Waals surface area contributed by atoms with Crippen LogP contribution in [0.5, 0.6) is 0 Å². The van der Waals surface area contributed by atoms with E-state index in [1.54, 1.807) is 25.2 Å². The number of rotatable bonds is 11. The molecule has 0 radical (unpaired) electrons. The third-order valence-electron chi connectivity index (χ3n) is 4.77. The van der Waals surface area contributed by atoms with Gasteiger partial charge in [0.05, 0.1) is 19.3 Å². The van der Waals surface area contributed by atoms with Crippen LogP contribution in [0.3, 0.4) is 0 Å². The molecular weight excluding hydrogens is 358 g/mol. The molecule has 1 saturated carbocycles. The van der Waals surface area contributed by atoms with E-state index in [4.69, 9.17) is 15.9 Å². The van der Waals surface area contributed by atoms with Crippen LogP contribution >= 0.6 is 0 Å². The molecular formula is C24H34F2O2. The van der Waals surface area contributed by atoms with Crippen LogP contribution in [-0.2, 0) is 9.47 Å². The number of terminal acetylenes is 1. The van der Waals surface area contributed by atoms with E-state index in [2.05, 4.69) is 5.92 Å². The van der Waals surface area contributed by atoms with E-state index in [9.17, 15) is 8.78 Å². The lowest BCUT2D eigenvalue weighted by Gasteiger charge is -2.22. The Balaban J connectivity index is 2.83. The summed E-state index contributed by atoms with van der Waals surface area (Å²) in [7, 11) is 0. The molecule has 0 spiro atoms. The minimum absolute atomic E-state index is 0.233. The Kier molecular flexibility index (Phi) is 12.2. The lowest BCUT2D eigenvalue weighted by molar-refractivity contribution is 0.0409. The van der Waals surface area contributed by atoms with Gasteiger partial charge in [0.25, 0.3) is 0 Å². The van der Waals surface area contributed by atoms with Gasteiger partial charge in [-0.25, -0.2) is 8.78 Å². The molecule has 0 heterocycles. The molecule has 0 atom stereocenters. The predicted octanol–water partition coefficient (Wildman–Crippen LogP) is 6.41. The zero-order valence-corrected chi connectivity index (χ0v) is 17.5. The highest BCUT2D eigenvalue weighted by molar-refractivity contribution is 5.48. The van der Waals surface area contributed by atoms with E-state index in [1.807, 2.05) is 13.8 Å². The van der Waals surface area contributed by atoms with E-state index in [0.717, 1.165) is 24.8 Å². The Hall–Kier alpha value is -1.86. The molecule has 0 aromatic rings. The first-order valence-electron chi connectivity index (χ1n) is 10.2. The molecule has 0 aliphatic heterocycles. The summed E-state index contributed by atoms with van der Waals surface area (Å²) in [6, 6.07) is 0. The van der Waals surface area contributed by atoms with Crippen molar-refractivity contribution in [2.75, 3.05) is 26.6 Å². The summed E-state index contributed by atoms with van der Waals surface area (Å²) >= 11 is 0. The van der Waals surface area contributed by atoms with Crippen molar-refractivity contribution in [3.05, 3.63) is 46.3 Å². The molecule has 1 rings (SSSR count). The average molecular weight is 393 g/mol. The van der Waals surface area contributed by atoms with Gasteiger partial charge in [-0.1, -0.05) is 44.3 Å². The SMILES string of the molecule is C#CC(=C\C=C(/CF)COC1CCCCC1)/C(C)=C/C(C)=C(\CF)OCCC.